The predicted molar refractivity (Wildman–Crippen MR) is 97.8 cm³/mol. The summed E-state index contributed by atoms with van der Waals surface area (Å²) in [5.74, 6) is 0.479. The fourth-order valence-electron chi connectivity index (χ4n) is 3.20. The van der Waals surface area contributed by atoms with Gasteiger partial charge in [-0.3, -0.25) is 4.79 Å². The third-order valence-electron chi connectivity index (χ3n) is 4.55. The molecule has 1 aliphatic rings. The number of carbonyl (C=O) groups is 1. The Balaban J connectivity index is 1.62. The Morgan fingerprint density at radius 3 is 2.80 bits per heavy atom. The molecule has 0 bridgehead atoms. The molecule has 1 amide bonds. The van der Waals surface area contributed by atoms with Gasteiger partial charge < -0.3 is 20.1 Å². The third kappa shape index (κ3) is 4.31. The van der Waals surface area contributed by atoms with Crippen LogP contribution in [0, 0.1) is 0 Å². The topological polar surface area (TPSA) is 61.8 Å². The highest BCUT2D eigenvalue weighted by molar-refractivity contribution is 5.82. The molecule has 0 saturated carbocycles. The molecule has 1 heterocycles. The van der Waals surface area contributed by atoms with E-state index in [-0.39, 0.29) is 11.9 Å². The van der Waals surface area contributed by atoms with Gasteiger partial charge in [-0.1, -0.05) is 36.4 Å². The van der Waals surface area contributed by atoms with Crippen molar-refractivity contribution in [1.82, 2.24) is 5.32 Å². The maximum absolute atomic E-state index is 12.4. The molecule has 0 aromatic heterocycles. The third-order valence-corrected chi connectivity index (χ3v) is 4.55. The van der Waals surface area contributed by atoms with Crippen LogP contribution in [0.15, 0.2) is 54.6 Å². The Morgan fingerprint density at radius 1 is 1.24 bits per heavy atom. The van der Waals surface area contributed by atoms with Crippen molar-refractivity contribution in [3.63, 3.8) is 0 Å². The van der Waals surface area contributed by atoms with E-state index < -0.39 is 6.10 Å². The number of nitrogens with one attached hydrogen (secondary N) is 1. The summed E-state index contributed by atoms with van der Waals surface area (Å²) >= 11 is 0. The summed E-state index contributed by atoms with van der Waals surface area (Å²) in [7, 11) is 1.66. The highest BCUT2D eigenvalue weighted by atomic mass is 16.5. The van der Waals surface area contributed by atoms with Gasteiger partial charge in [0, 0.05) is 30.9 Å². The van der Waals surface area contributed by atoms with Crippen LogP contribution in [-0.4, -0.2) is 37.3 Å². The maximum Gasteiger partial charge on any atom is 0.253 e. The van der Waals surface area contributed by atoms with Crippen molar-refractivity contribution in [2.75, 3.05) is 25.1 Å². The molecule has 2 aromatic rings. The van der Waals surface area contributed by atoms with E-state index in [2.05, 4.69) is 10.2 Å². The minimum absolute atomic E-state index is 0.0193. The lowest BCUT2D eigenvalue weighted by Gasteiger charge is -2.35. The van der Waals surface area contributed by atoms with E-state index in [0.29, 0.717) is 5.56 Å². The molecule has 2 N–H and O–H groups in total. The van der Waals surface area contributed by atoms with Crippen molar-refractivity contribution in [1.29, 1.82) is 0 Å². The zero-order chi connectivity index (χ0) is 17.6. The Morgan fingerprint density at radius 2 is 2.04 bits per heavy atom. The SMILES string of the molecule is COc1cccc(N2CCCC(NC(=O)C(O)c3ccccc3)C2)c1. The largest absolute Gasteiger partial charge is 0.497 e. The van der Waals surface area contributed by atoms with Crippen LogP contribution in [0.4, 0.5) is 5.69 Å². The van der Waals surface area contributed by atoms with Gasteiger partial charge in [0.15, 0.2) is 6.10 Å². The number of amides is 1. The van der Waals surface area contributed by atoms with E-state index in [1.54, 1.807) is 19.2 Å². The number of anilines is 1. The molecule has 2 atom stereocenters. The molecular weight excluding hydrogens is 316 g/mol. The van der Waals surface area contributed by atoms with Crippen molar-refractivity contribution >= 4 is 11.6 Å². The fourth-order valence-corrected chi connectivity index (χ4v) is 3.20. The molecule has 5 heteroatoms. The van der Waals surface area contributed by atoms with Crippen LogP contribution in [0.5, 0.6) is 5.75 Å². The van der Waals surface area contributed by atoms with E-state index in [4.69, 9.17) is 4.74 Å². The molecule has 0 radical (unpaired) electrons. The summed E-state index contributed by atoms with van der Waals surface area (Å²) in [6.45, 7) is 1.67. The molecular formula is C20H24N2O3. The van der Waals surface area contributed by atoms with E-state index in [9.17, 15) is 9.90 Å². The van der Waals surface area contributed by atoms with Crippen LogP contribution in [0.2, 0.25) is 0 Å². The van der Waals surface area contributed by atoms with Crippen LogP contribution in [-0.2, 0) is 4.79 Å². The van der Waals surface area contributed by atoms with E-state index in [0.717, 1.165) is 37.4 Å². The van der Waals surface area contributed by atoms with E-state index in [1.165, 1.54) is 0 Å². The molecule has 132 valence electrons. The van der Waals surface area contributed by atoms with Gasteiger partial charge in [0.25, 0.3) is 5.91 Å². The number of carbonyl (C=O) groups excluding carboxylic acids is 1. The van der Waals surface area contributed by atoms with Crippen molar-refractivity contribution in [2.45, 2.75) is 25.0 Å². The average Bonchev–Trinajstić information content (AvgIpc) is 2.68. The summed E-state index contributed by atoms with van der Waals surface area (Å²) in [4.78, 5) is 14.6. The molecule has 0 spiro atoms. The molecule has 25 heavy (non-hydrogen) atoms. The first-order valence-corrected chi connectivity index (χ1v) is 8.60. The van der Waals surface area contributed by atoms with Gasteiger partial charge in [-0.2, -0.15) is 0 Å². The summed E-state index contributed by atoms with van der Waals surface area (Å²) in [6.07, 6.45) is 0.769. The summed E-state index contributed by atoms with van der Waals surface area (Å²) < 4.78 is 5.29. The monoisotopic (exact) mass is 340 g/mol. The van der Waals surface area contributed by atoms with Gasteiger partial charge in [0.1, 0.15) is 5.75 Å². The van der Waals surface area contributed by atoms with Crippen LogP contribution < -0.4 is 15.0 Å². The number of hydrogen-bond acceptors (Lipinski definition) is 4. The molecule has 0 aliphatic carbocycles. The van der Waals surface area contributed by atoms with Crippen LogP contribution >= 0.6 is 0 Å². The lowest BCUT2D eigenvalue weighted by molar-refractivity contribution is -0.130. The second kappa shape index (κ2) is 8.03. The van der Waals surface area contributed by atoms with Gasteiger partial charge in [0.05, 0.1) is 7.11 Å². The van der Waals surface area contributed by atoms with Gasteiger partial charge in [-0.15, -0.1) is 0 Å². The predicted octanol–water partition coefficient (Wildman–Crippen LogP) is 2.51. The number of hydrogen-bond donors (Lipinski definition) is 2. The second-order valence-corrected chi connectivity index (χ2v) is 6.31. The molecule has 1 fully saturated rings. The minimum atomic E-state index is -1.13. The molecule has 1 aliphatic heterocycles. The molecule has 3 rings (SSSR count). The maximum atomic E-state index is 12.4. The first-order valence-electron chi connectivity index (χ1n) is 8.60. The second-order valence-electron chi connectivity index (χ2n) is 6.31. The average molecular weight is 340 g/mol. The first kappa shape index (κ1) is 17.3. The summed E-state index contributed by atoms with van der Waals surface area (Å²) in [5.41, 5.74) is 1.70. The number of piperidine rings is 1. The van der Waals surface area contributed by atoms with E-state index in [1.807, 2.05) is 42.5 Å². The fraction of sp³-hybridized carbons (Fsp3) is 0.350. The lowest BCUT2D eigenvalue weighted by Crippen LogP contribution is -2.49. The molecule has 2 aromatic carbocycles. The number of benzene rings is 2. The Labute approximate surface area is 148 Å². The number of ether oxygens (including phenoxy) is 1. The standard InChI is InChI=1S/C20H24N2O3/c1-25-18-11-5-10-17(13-18)22-12-6-9-16(14-22)21-20(24)19(23)15-7-3-2-4-8-15/h2-5,7-8,10-11,13,16,19,23H,6,9,12,14H2,1H3,(H,21,24). The van der Waals surface area contributed by atoms with Crippen molar-refractivity contribution in [3.05, 3.63) is 60.2 Å². The Bertz CT molecular complexity index is 705. The molecule has 5 nitrogen and oxygen atoms in total. The normalized spacial score (nSPS) is 18.5. The van der Waals surface area contributed by atoms with Crippen molar-refractivity contribution < 1.29 is 14.6 Å². The van der Waals surface area contributed by atoms with Crippen molar-refractivity contribution in [3.8, 4) is 5.75 Å². The van der Waals surface area contributed by atoms with Crippen molar-refractivity contribution in [2.24, 2.45) is 0 Å². The van der Waals surface area contributed by atoms with Crippen LogP contribution in [0.3, 0.4) is 0 Å². The van der Waals surface area contributed by atoms with Gasteiger partial charge >= 0.3 is 0 Å². The smallest absolute Gasteiger partial charge is 0.253 e. The first-order chi connectivity index (χ1) is 12.2. The Hall–Kier alpha value is -2.53. The van der Waals surface area contributed by atoms with Gasteiger partial charge in [-0.05, 0) is 30.5 Å². The van der Waals surface area contributed by atoms with Crippen LogP contribution in [0.25, 0.3) is 0 Å². The highest BCUT2D eigenvalue weighted by Crippen LogP contribution is 2.24. The number of aliphatic hydroxyl groups is 1. The van der Waals surface area contributed by atoms with Crippen LogP contribution in [0.1, 0.15) is 24.5 Å². The summed E-state index contributed by atoms with van der Waals surface area (Å²) in [5, 5.41) is 13.2. The number of rotatable bonds is 5. The Kier molecular flexibility index (Phi) is 5.56. The minimum Gasteiger partial charge on any atom is -0.497 e. The van der Waals surface area contributed by atoms with Gasteiger partial charge in [-0.25, -0.2) is 0 Å². The summed E-state index contributed by atoms with van der Waals surface area (Å²) in [6, 6.07) is 17.0. The highest BCUT2D eigenvalue weighted by Gasteiger charge is 2.25. The molecule has 1 saturated heterocycles. The number of aliphatic hydroxyl groups excluding tert-OH is 1. The van der Waals surface area contributed by atoms with Gasteiger partial charge in [0.2, 0.25) is 0 Å². The number of methoxy groups -OCH3 is 1. The van der Waals surface area contributed by atoms with E-state index >= 15 is 0 Å². The lowest BCUT2D eigenvalue weighted by atomic mass is 10.0. The zero-order valence-corrected chi connectivity index (χ0v) is 14.4. The quantitative estimate of drug-likeness (QED) is 0.878. The molecule has 2 unspecified atom stereocenters. The number of nitrogens with zero attached hydrogens (tertiary/aromatic N) is 1. The zero-order valence-electron chi connectivity index (χ0n) is 14.4.